The second kappa shape index (κ2) is 4.94. The highest BCUT2D eigenvalue weighted by atomic mass is 16.4. The zero-order chi connectivity index (χ0) is 11.5. The van der Waals surface area contributed by atoms with Gasteiger partial charge in [-0.15, -0.1) is 0 Å². The fraction of sp³-hybridized carbons (Fsp3) is 0.909. The lowest BCUT2D eigenvalue weighted by atomic mass is 9.76. The predicted octanol–water partition coefficient (Wildman–Crippen LogP) is 0.990. The van der Waals surface area contributed by atoms with Crippen molar-refractivity contribution in [2.24, 2.45) is 5.92 Å². The van der Waals surface area contributed by atoms with Crippen molar-refractivity contribution < 1.29 is 15.0 Å². The van der Waals surface area contributed by atoms with E-state index in [0.717, 1.165) is 12.8 Å². The van der Waals surface area contributed by atoms with Crippen LogP contribution in [0.25, 0.3) is 0 Å². The molecule has 0 aromatic rings. The zero-order valence-electron chi connectivity index (χ0n) is 9.49. The molecule has 0 aromatic heterocycles. The Morgan fingerprint density at radius 1 is 1.67 bits per heavy atom. The van der Waals surface area contributed by atoms with E-state index in [1.807, 2.05) is 6.92 Å². The molecule has 1 rings (SSSR count). The molecule has 0 spiro atoms. The summed E-state index contributed by atoms with van der Waals surface area (Å²) in [5, 5.41) is 21.3. The number of rotatable bonds is 4. The summed E-state index contributed by atoms with van der Waals surface area (Å²) in [6.07, 6.45) is 3.37. The topological polar surface area (TPSA) is 69.6 Å². The Bertz CT molecular complexity index is 232. The molecule has 3 atom stereocenters. The van der Waals surface area contributed by atoms with Crippen LogP contribution in [0.15, 0.2) is 0 Å². The van der Waals surface area contributed by atoms with E-state index in [0.29, 0.717) is 18.8 Å². The molecule has 1 fully saturated rings. The van der Waals surface area contributed by atoms with E-state index < -0.39 is 11.5 Å². The molecule has 3 N–H and O–H groups in total. The lowest BCUT2D eigenvalue weighted by molar-refractivity contribution is -0.147. The largest absolute Gasteiger partial charge is 0.480 e. The third kappa shape index (κ3) is 2.92. The van der Waals surface area contributed by atoms with E-state index in [2.05, 4.69) is 12.2 Å². The van der Waals surface area contributed by atoms with Crippen LogP contribution in [-0.2, 0) is 4.79 Å². The van der Waals surface area contributed by atoms with Gasteiger partial charge in [0.25, 0.3) is 0 Å². The van der Waals surface area contributed by atoms with Gasteiger partial charge in [0, 0.05) is 6.04 Å². The number of carboxylic acid groups (broad SMARTS) is 1. The van der Waals surface area contributed by atoms with Gasteiger partial charge in [0.05, 0.1) is 6.61 Å². The molecule has 0 bridgehead atoms. The first-order chi connectivity index (χ1) is 7.00. The van der Waals surface area contributed by atoms with Gasteiger partial charge in [-0.3, -0.25) is 10.1 Å². The van der Waals surface area contributed by atoms with Crippen LogP contribution in [0.2, 0.25) is 0 Å². The van der Waals surface area contributed by atoms with Crippen LogP contribution in [0.5, 0.6) is 0 Å². The highest BCUT2D eigenvalue weighted by molar-refractivity contribution is 5.79. The Labute approximate surface area is 90.7 Å². The number of aliphatic carboxylic acids is 1. The molecule has 88 valence electrons. The first-order valence-electron chi connectivity index (χ1n) is 5.62. The third-order valence-corrected chi connectivity index (χ3v) is 3.20. The molecule has 4 heteroatoms. The molecule has 1 aliphatic carbocycles. The van der Waals surface area contributed by atoms with Crippen molar-refractivity contribution in [1.29, 1.82) is 0 Å². The summed E-state index contributed by atoms with van der Waals surface area (Å²) in [6, 6.07) is -0.161. The van der Waals surface area contributed by atoms with Gasteiger partial charge in [0.2, 0.25) is 0 Å². The Morgan fingerprint density at radius 3 is 2.80 bits per heavy atom. The summed E-state index contributed by atoms with van der Waals surface area (Å²) in [6.45, 7) is 3.87. The van der Waals surface area contributed by atoms with Crippen LogP contribution in [0.1, 0.15) is 39.5 Å². The zero-order valence-corrected chi connectivity index (χ0v) is 9.49. The SMILES string of the molecule is CC1CCCC(NC(C)CO)(C(=O)O)C1. The van der Waals surface area contributed by atoms with Crippen molar-refractivity contribution >= 4 is 5.97 Å². The molecule has 3 unspecified atom stereocenters. The smallest absolute Gasteiger partial charge is 0.323 e. The van der Waals surface area contributed by atoms with Gasteiger partial charge in [-0.2, -0.15) is 0 Å². The van der Waals surface area contributed by atoms with E-state index in [1.54, 1.807) is 0 Å². The van der Waals surface area contributed by atoms with Crippen molar-refractivity contribution in [2.45, 2.75) is 51.1 Å². The van der Waals surface area contributed by atoms with E-state index in [-0.39, 0.29) is 12.6 Å². The van der Waals surface area contributed by atoms with E-state index in [4.69, 9.17) is 5.11 Å². The fourth-order valence-electron chi connectivity index (χ4n) is 2.46. The molecule has 0 heterocycles. The summed E-state index contributed by atoms with van der Waals surface area (Å²) in [5.74, 6) is -0.345. The van der Waals surface area contributed by atoms with Crippen LogP contribution in [0.4, 0.5) is 0 Å². The van der Waals surface area contributed by atoms with Gasteiger partial charge in [-0.05, 0) is 25.7 Å². The van der Waals surface area contributed by atoms with E-state index in [9.17, 15) is 9.90 Å². The van der Waals surface area contributed by atoms with Crippen molar-refractivity contribution in [3.05, 3.63) is 0 Å². The Hall–Kier alpha value is -0.610. The maximum atomic E-state index is 11.3. The molecule has 0 aromatic carbocycles. The summed E-state index contributed by atoms with van der Waals surface area (Å²) < 4.78 is 0. The van der Waals surface area contributed by atoms with E-state index >= 15 is 0 Å². The number of hydrogen-bond donors (Lipinski definition) is 3. The van der Waals surface area contributed by atoms with Gasteiger partial charge in [0.15, 0.2) is 0 Å². The average Bonchev–Trinajstić information content (AvgIpc) is 2.17. The minimum atomic E-state index is -0.820. The summed E-state index contributed by atoms with van der Waals surface area (Å²) >= 11 is 0. The first-order valence-corrected chi connectivity index (χ1v) is 5.62. The highest BCUT2D eigenvalue weighted by Gasteiger charge is 2.42. The Balaban J connectivity index is 2.73. The quantitative estimate of drug-likeness (QED) is 0.654. The maximum absolute atomic E-state index is 11.3. The highest BCUT2D eigenvalue weighted by Crippen LogP contribution is 2.32. The van der Waals surface area contributed by atoms with Crippen molar-refractivity contribution in [1.82, 2.24) is 5.32 Å². The molecule has 15 heavy (non-hydrogen) atoms. The molecular weight excluding hydrogens is 194 g/mol. The molecule has 4 nitrogen and oxygen atoms in total. The first kappa shape index (κ1) is 12.5. The number of carboxylic acids is 1. The molecule has 1 aliphatic rings. The van der Waals surface area contributed by atoms with Gasteiger partial charge < -0.3 is 10.2 Å². The summed E-state index contributed by atoms with van der Waals surface area (Å²) in [4.78, 5) is 11.3. The number of nitrogens with one attached hydrogen (secondary N) is 1. The third-order valence-electron chi connectivity index (χ3n) is 3.20. The van der Waals surface area contributed by atoms with Crippen LogP contribution < -0.4 is 5.32 Å². The normalized spacial score (nSPS) is 33.7. The number of carbonyl (C=O) groups is 1. The number of aliphatic hydroxyl groups is 1. The van der Waals surface area contributed by atoms with Gasteiger partial charge in [0.1, 0.15) is 5.54 Å². The number of aliphatic hydroxyl groups excluding tert-OH is 1. The molecule has 0 radical (unpaired) electrons. The summed E-state index contributed by atoms with van der Waals surface area (Å²) in [7, 11) is 0. The second-order valence-electron chi connectivity index (χ2n) is 4.82. The molecule has 0 saturated heterocycles. The Morgan fingerprint density at radius 2 is 2.33 bits per heavy atom. The van der Waals surface area contributed by atoms with Crippen molar-refractivity contribution in [3.8, 4) is 0 Å². The summed E-state index contributed by atoms with van der Waals surface area (Å²) in [5.41, 5.74) is -0.820. The van der Waals surface area contributed by atoms with Crippen molar-refractivity contribution in [2.75, 3.05) is 6.61 Å². The van der Waals surface area contributed by atoms with Gasteiger partial charge >= 0.3 is 5.97 Å². The van der Waals surface area contributed by atoms with Crippen LogP contribution in [0.3, 0.4) is 0 Å². The predicted molar refractivity (Wildman–Crippen MR) is 57.7 cm³/mol. The monoisotopic (exact) mass is 215 g/mol. The molecule has 0 amide bonds. The molecular formula is C11H21NO3. The van der Waals surface area contributed by atoms with Gasteiger partial charge in [-0.25, -0.2) is 0 Å². The lowest BCUT2D eigenvalue weighted by Crippen LogP contribution is -2.58. The Kier molecular flexibility index (Phi) is 4.11. The fourth-order valence-corrected chi connectivity index (χ4v) is 2.46. The van der Waals surface area contributed by atoms with Crippen molar-refractivity contribution in [3.63, 3.8) is 0 Å². The van der Waals surface area contributed by atoms with Gasteiger partial charge in [-0.1, -0.05) is 19.8 Å². The number of hydrogen-bond acceptors (Lipinski definition) is 3. The van der Waals surface area contributed by atoms with E-state index in [1.165, 1.54) is 0 Å². The molecule has 0 aliphatic heterocycles. The van der Waals surface area contributed by atoms with Crippen LogP contribution >= 0.6 is 0 Å². The van der Waals surface area contributed by atoms with Crippen LogP contribution in [-0.4, -0.2) is 34.4 Å². The minimum Gasteiger partial charge on any atom is -0.480 e. The maximum Gasteiger partial charge on any atom is 0.323 e. The average molecular weight is 215 g/mol. The minimum absolute atomic E-state index is 0.0244. The molecule has 1 saturated carbocycles. The second-order valence-corrected chi connectivity index (χ2v) is 4.82. The standard InChI is InChI=1S/C11H21NO3/c1-8-4-3-5-11(6-8,10(14)15)12-9(2)7-13/h8-9,12-13H,3-7H2,1-2H3,(H,14,15). The van der Waals surface area contributed by atoms with Crippen LogP contribution in [0, 0.1) is 5.92 Å². The lowest BCUT2D eigenvalue weighted by Gasteiger charge is -2.39.